The Bertz CT molecular complexity index is 2120. The van der Waals surface area contributed by atoms with Gasteiger partial charge in [0.05, 0.1) is 5.52 Å². The molecule has 49 heavy (non-hydrogen) atoms. The van der Waals surface area contributed by atoms with Crippen LogP contribution in [0.25, 0.3) is 22.2 Å². The van der Waals surface area contributed by atoms with Gasteiger partial charge in [-0.25, -0.2) is 48.4 Å². The SMILES string of the molecule is CC(C)(C)OC(=O)N1C(=O)n2c(nc3c(OS(=O)(=O)C(F)(F)F)cccc32)C12CCN(c1ncnc3c1ncn3C(=O)OC(C)(C)C)CC2. The number of nitrogens with zero attached hydrogens (tertiary/aromatic N) is 8. The summed E-state index contributed by atoms with van der Waals surface area (Å²) in [5.41, 5.74) is -8.90. The van der Waals surface area contributed by atoms with Gasteiger partial charge in [-0.05, 0) is 66.5 Å². The monoisotopic (exact) mass is 708 g/mol. The Morgan fingerprint density at radius 3 is 2.14 bits per heavy atom. The first-order valence-corrected chi connectivity index (χ1v) is 16.3. The number of piperidine rings is 1. The lowest BCUT2D eigenvalue weighted by Gasteiger charge is -2.42. The van der Waals surface area contributed by atoms with E-state index in [0.29, 0.717) is 5.82 Å². The van der Waals surface area contributed by atoms with Gasteiger partial charge in [-0.15, -0.1) is 0 Å². The Labute approximate surface area is 276 Å². The summed E-state index contributed by atoms with van der Waals surface area (Å²) in [4.78, 5) is 60.6. The van der Waals surface area contributed by atoms with Crippen LogP contribution in [0, 0.1) is 0 Å². The fourth-order valence-electron chi connectivity index (χ4n) is 5.79. The fraction of sp³-hybridized carbons (Fsp3) is 0.483. The van der Waals surface area contributed by atoms with Crippen molar-refractivity contribution in [2.75, 3.05) is 18.0 Å². The van der Waals surface area contributed by atoms with E-state index in [0.717, 1.165) is 20.1 Å². The van der Waals surface area contributed by atoms with Crippen LogP contribution in [0.4, 0.5) is 33.4 Å². The lowest BCUT2D eigenvalue weighted by atomic mass is 9.86. The third-order valence-electron chi connectivity index (χ3n) is 7.73. The van der Waals surface area contributed by atoms with Crippen LogP contribution in [0.3, 0.4) is 0 Å². The Morgan fingerprint density at radius 2 is 1.53 bits per heavy atom. The first-order chi connectivity index (χ1) is 22.6. The number of aromatic nitrogens is 6. The van der Waals surface area contributed by atoms with Crippen LogP contribution in [0.5, 0.6) is 5.75 Å². The molecule has 20 heteroatoms. The second kappa shape index (κ2) is 11.0. The second-order valence-corrected chi connectivity index (χ2v) is 15.0. The predicted molar refractivity (Wildman–Crippen MR) is 164 cm³/mol. The molecule has 1 aromatic carbocycles. The van der Waals surface area contributed by atoms with Gasteiger partial charge in [0.25, 0.3) is 0 Å². The first kappa shape index (κ1) is 33.9. The molecule has 1 fully saturated rings. The summed E-state index contributed by atoms with van der Waals surface area (Å²) in [5, 5.41) is 0. The zero-order valence-electron chi connectivity index (χ0n) is 27.1. The second-order valence-electron chi connectivity index (χ2n) is 13.5. The standard InChI is InChI=1S/C29H31F3N8O8S/c1-26(2,3)46-24(42)38-15-35-19-20(33-14-34-21(19)38)37-12-10-28(11-13-37)22-36-18-16(8-7-9-17(18)48-49(44,45)29(30,31)32)39(22)23(41)40(28)25(43)47-27(4,5)6/h7-9,14-15H,10-13H2,1-6H3. The summed E-state index contributed by atoms with van der Waals surface area (Å²) in [6.45, 7) is 10.3. The molecule has 16 nitrogen and oxygen atoms in total. The molecular formula is C29H31F3N8O8S. The minimum atomic E-state index is -6.07. The summed E-state index contributed by atoms with van der Waals surface area (Å²) in [6, 6.07) is 2.64. The van der Waals surface area contributed by atoms with Crippen LogP contribution in [-0.2, 0) is 25.1 Å². The summed E-state index contributed by atoms with van der Waals surface area (Å²) in [5.74, 6) is -0.401. The van der Waals surface area contributed by atoms with E-state index in [-0.39, 0.29) is 54.0 Å². The van der Waals surface area contributed by atoms with Gasteiger partial charge in [0.15, 0.2) is 22.7 Å². The highest BCUT2D eigenvalue weighted by Crippen LogP contribution is 2.47. The van der Waals surface area contributed by atoms with Crippen molar-refractivity contribution < 1.29 is 49.6 Å². The molecule has 0 bridgehead atoms. The van der Waals surface area contributed by atoms with E-state index in [1.807, 2.05) is 4.90 Å². The number of para-hydroxylation sites is 1. The minimum Gasteiger partial charge on any atom is -0.443 e. The zero-order valence-corrected chi connectivity index (χ0v) is 27.9. The molecule has 5 heterocycles. The van der Waals surface area contributed by atoms with Crippen molar-refractivity contribution in [2.24, 2.45) is 0 Å². The van der Waals surface area contributed by atoms with Gasteiger partial charge in [-0.2, -0.15) is 21.6 Å². The number of imide groups is 1. The number of benzene rings is 1. The van der Waals surface area contributed by atoms with E-state index in [1.165, 1.54) is 24.8 Å². The van der Waals surface area contributed by atoms with E-state index in [4.69, 9.17) is 9.47 Å². The topological polar surface area (TPSA) is 181 Å². The fourth-order valence-corrected chi connectivity index (χ4v) is 6.26. The van der Waals surface area contributed by atoms with Gasteiger partial charge in [-0.1, -0.05) is 6.07 Å². The molecule has 0 atom stereocenters. The molecule has 0 unspecified atom stereocenters. The maximum atomic E-state index is 14.0. The van der Waals surface area contributed by atoms with Gasteiger partial charge < -0.3 is 18.6 Å². The Hall–Kier alpha value is -5.01. The molecule has 0 aliphatic carbocycles. The van der Waals surface area contributed by atoms with Crippen molar-refractivity contribution >= 4 is 56.4 Å². The molecule has 1 saturated heterocycles. The highest BCUT2D eigenvalue weighted by atomic mass is 32.2. The van der Waals surface area contributed by atoms with Crippen molar-refractivity contribution in [3.05, 3.63) is 36.7 Å². The highest BCUT2D eigenvalue weighted by Gasteiger charge is 2.58. The van der Waals surface area contributed by atoms with E-state index < -0.39 is 56.3 Å². The smallest absolute Gasteiger partial charge is 0.443 e. The molecule has 262 valence electrons. The number of ether oxygens (including phenoxy) is 2. The molecule has 4 aromatic rings. The number of fused-ring (bicyclic) bond motifs is 5. The summed E-state index contributed by atoms with van der Waals surface area (Å²) < 4.78 is 81.0. The lowest BCUT2D eigenvalue weighted by molar-refractivity contribution is -0.0499. The first-order valence-electron chi connectivity index (χ1n) is 14.9. The maximum absolute atomic E-state index is 14.0. The highest BCUT2D eigenvalue weighted by molar-refractivity contribution is 7.88. The van der Waals surface area contributed by atoms with Crippen molar-refractivity contribution in [2.45, 2.75) is 76.6 Å². The average Bonchev–Trinajstić information content (AvgIpc) is 3.63. The number of amides is 2. The van der Waals surface area contributed by atoms with Crippen molar-refractivity contribution in [3.8, 4) is 5.75 Å². The van der Waals surface area contributed by atoms with Gasteiger partial charge >= 0.3 is 33.8 Å². The number of carbonyl (C=O) groups excluding carboxylic acids is 3. The third kappa shape index (κ3) is 5.76. The van der Waals surface area contributed by atoms with Crippen LogP contribution >= 0.6 is 0 Å². The van der Waals surface area contributed by atoms with Gasteiger partial charge in [-0.3, -0.25) is 0 Å². The Balaban J connectivity index is 1.40. The van der Waals surface area contributed by atoms with E-state index in [1.54, 1.807) is 41.5 Å². The molecule has 0 radical (unpaired) electrons. The molecule has 3 aromatic heterocycles. The number of hydrogen-bond acceptors (Lipinski definition) is 13. The zero-order chi connectivity index (χ0) is 35.9. The average molecular weight is 709 g/mol. The van der Waals surface area contributed by atoms with Crippen LogP contribution in [-0.4, -0.2) is 90.4 Å². The van der Waals surface area contributed by atoms with Crippen molar-refractivity contribution in [3.63, 3.8) is 0 Å². The number of carbonyl (C=O) groups is 3. The summed E-state index contributed by atoms with van der Waals surface area (Å²) in [7, 11) is -6.07. The molecule has 2 aliphatic heterocycles. The normalized spacial score (nSPS) is 16.8. The van der Waals surface area contributed by atoms with E-state index in [2.05, 4.69) is 24.1 Å². The molecule has 0 saturated carbocycles. The maximum Gasteiger partial charge on any atom is 0.534 e. The van der Waals surface area contributed by atoms with Gasteiger partial charge in [0.1, 0.15) is 40.7 Å². The van der Waals surface area contributed by atoms with Crippen LogP contribution in [0.2, 0.25) is 0 Å². The Kier molecular flexibility index (Phi) is 7.61. The third-order valence-corrected chi connectivity index (χ3v) is 8.69. The van der Waals surface area contributed by atoms with Gasteiger partial charge in [0, 0.05) is 13.1 Å². The summed E-state index contributed by atoms with van der Waals surface area (Å²) >= 11 is 0. The number of anilines is 1. The molecule has 6 rings (SSSR count). The number of rotatable bonds is 3. The lowest BCUT2D eigenvalue weighted by Crippen LogP contribution is -2.55. The van der Waals surface area contributed by atoms with E-state index in [9.17, 15) is 36.0 Å². The number of imidazole rings is 2. The number of alkyl halides is 3. The molecule has 0 N–H and O–H groups in total. The Morgan fingerprint density at radius 1 is 0.898 bits per heavy atom. The van der Waals surface area contributed by atoms with Crippen LogP contribution in [0.15, 0.2) is 30.9 Å². The number of hydrogen-bond donors (Lipinski definition) is 0. The minimum absolute atomic E-state index is 0.0134. The van der Waals surface area contributed by atoms with Crippen LogP contribution in [0.1, 0.15) is 60.2 Å². The molecule has 2 amide bonds. The molecule has 1 spiro atoms. The van der Waals surface area contributed by atoms with Gasteiger partial charge in [0.2, 0.25) is 0 Å². The quantitative estimate of drug-likeness (QED) is 0.207. The number of halogens is 3. The molecule has 2 aliphatic rings. The largest absolute Gasteiger partial charge is 0.534 e. The molecular weight excluding hydrogens is 677 g/mol. The summed E-state index contributed by atoms with van der Waals surface area (Å²) in [6.07, 6.45) is 0.931. The van der Waals surface area contributed by atoms with E-state index >= 15 is 0 Å². The van der Waals surface area contributed by atoms with Crippen molar-refractivity contribution in [1.82, 2.24) is 34.0 Å². The predicted octanol–water partition coefficient (Wildman–Crippen LogP) is 4.90. The van der Waals surface area contributed by atoms with Crippen molar-refractivity contribution in [1.29, 1.82) is 0 Å². The van der Waals surface area contributed by atoms with Crippen LogP contribution < -0.4 is 9.08 Å².